The predicted octanol–water partition coefficient (Wildman–Crippen LogP) is 3.47. The van der Waals surface area contributed by atoms with Gasteiger partial charge in [0.05, 0.1) is 11.4 Å². The molecular weight excluding hydrogens is 203 g/mol. The molecule has 2 N–H and O–H groups in total. The van der Waals surface area contributed by atoms with E-state index in [9.17, 15) is 4.39 Å². The van der Waals surface area contributed by atoms with E-state index >= 15 is 0 Å². The molecule has 2 rings (SSSR count). The molecule has 1 aromatic carbocycles. The fraction of sp³-hybridized carbons (Fsp3) is 0.538. The van der Waals surface area contributed by atoms with Crippen molar-refractivity contribution in [2.45, 2.75) is 33.2 Å². The van der Waals surface area contributed by atoms with E-state index in [0.717, 1.165) is 12.2 Å². The lowest BCUT2D eigenvalue weighted by atomic mass is 9.74. The van der Waals surface area contributed by atoms with E-state index in [1.54, 1.807) is 6.07 Å². The first-order valence-corrected chi connectivity index (χ1v) is 5.64. The van der Waals surface area contributed by atoms with Crippen molar-refractivity contribution in [2.24, 2.45) is 5.41 Å². The molecule has 0 spiro atoms. The first kappa shape index (κ1) is 11.2. The second-order valence-corrected chi connectivity index (χ2v) is 5.65. The minimum atomic E-state index is -0.196. The Kier molecular flexibility index (Phi) is 2.37. The van der Waals surface area contributed by atoms with Crippen LogP contribution in [0.4, 0.5) is 15.8 Å². The van der Waals surface area contributed by atoms with Crippen molar-refractivity contribution >= 4 is 11.4 Å². The van der Waals surface area contributed by atoms with Crippen LogP contribution >= 0.6 is 0 Å². The molecule has 0 atom stereocenters. The molecule has 16 heavy (non-hydrogen) atoms. The van der Waals surface area contributed by atoms with E-state index in [1.807, 2.05) is 6.07 Å². The SMILES string of the molecule is CC1(C)CNc2c(F)cccc2NC1(C)C. The number of fused-ring (bicyclic) bond motifs is 1. The summed E-state index contributed by atoms with van der Waals surface area (Å²) in [5.74, 6) is -0.196. The highest BCUT2D eigenvalue weighted by atomic mass is 19.1. The summed E-state index contributed by atoms with van der Waals surface area (Å²) in [4.78, 5) is 0. The Labute approximate surface area is 96.2 Å². The molecular formula is C13H19FN2. The van der Waals surface area contributed by atoms with Gasteiger partial charge in [0.25, 0.3) is 0 Å². The molecule has 1 aliphatic rings. The lowest BCUT2D eigenvalue weighted by Gasteiger charge is -2.41. The van der Waals surface area contributed by atoms with Gasteiger partial charge in [0, 0.05) is 17.5 Å². The van der Waals surface area contributed by atoms with Crippen LogP contribution in [0.1, 0.15) is 27.7 Å². The summed E-state index contributed by atoms with van der Waals surface area (Å²) >= 11 is 0. The van der Waals surface area contributed by atoms with Gasteiger partial charge in [-0.1, -0.05) is 19.9 Å². The summed E-state index contributed by atoms with van der Waals surface area (Å²) in [6.45, 7) is 9.40. The monoisotopic (exact) mass is 222 g/mol. The van der Waals surface area contributed by atoms with Crippen LogP contribution in [-0.2, 0) is 0 Å². The van der Waals surface area contributed by atoms with Gasteiger partial charge in [0.1, 0.15) is 5.82 Å². The molecule has 0 radical (unpaired) electrons. The van der Waals surface area contributed by atoms with Crippen LogP contribution in [0, 0.1) is 11.2 Å². The highest BCUT2D eigenvalue weighted by Gasteiger charge is 2.39. The van der Waals surface area contributed by atoms with Gasteiger partial charge in [0.15, 0.2) is 0 Å². The maximum Gasteiger partial charge on any atom is 0.148 e. The third-order valence-electron chi connectivity index (χ3n) is 3.86. The maximum atomic E-state index is 13.7. The minimum Gasteiger partial charge on any atom is -0.380 e. The third kappa shape index (κ3) is 1.64. The summed E-state index contributed by atoms with van der Waals surface area (Å²) in [6, 6.07) is 5.13. The van der Waals surface area contributed by atoms with Crippen molar-refractivity contribution in [1.82, 2.24) is 0 Å². The fourth-order valence-electron chi connectivity index (χ4n) is 1.84. The molecule has 3 heteroatoms. The van der Waals surface area contributed by atoms with Gasteiger partial charge in [0.2, 0.25) is 0 Å². The van der Waals surface area contributed by atoms with Crippen LogP contribution < -0.4 is 10.6 Å². The second kappa shape index (κ2) is 3.37. The van der Waals surface area contributed by atoms with Crippen LogP contribution in [0.15, 0.2) is 18.2 Å². The molecule has 0 saturated carbocycles. The number of hydrogen-bond donors (Lipinski definition) is 2. The number of para-hydroxylation sites is 1. The van der Waals surface area contributed by atoms with E-state index in [0.29, 0.717) is 5.69 Å². The number of rotatable bonds is 0. The van der Waals surface area contributed by atoms with Gasteiger partial charge < -0.3 is 10.6 Å². The van der Waals surface area contributed by atoms with E-state index in [-0.39, 0.29) is 16.8 Å². The summed E-state index contributed by atoms with van der Waals surface area (Å²) in [6.07, 6.45) is 0. The Morgan fingerprint density at radius 2 is 1.88 bits per heavy atom. The maximum absolute atomic E-state index is 13.7. The Morgan fingerprint density at radius 3 is 2.56 bits per heavy atom. The molecule has 1 aromatic rings. The molecule has 2 nitrogen and oxygen atoms in total. The van der Waals surface area contributed by atoms with Gasteiger partial charge >= 0.3 is 0 Å². The van der Waals surface area contributed by atoms with Crippen molar-refractivity contribution in [3.8, 4) is 0 Å². The van der Waals surface area contributed by atoms with Crippen LogP contribution in [-0.4, -0.2) is 12.1 Å². The van der Waals surface area contributed by atoms with Gasteiger partial charge in [-0.2, -0.15) is 0 Å². The summed E-state index contributed by atoms with van der Waals surface area (Å²) in [5.41, 5.74) is 1.38. The molecule has 0 amide bonds. The highest BCUT2D eigenvalue weighted by molar-refractivity contribution is 5.71. The first-order chi connectivity index (χ1) is 7.33. The molecule has 1 aliphatic heterocycles. The molecule has 0 aliphatic carbocycles. The van der Waals surface area contributed by atoms with Crippen LogP contribution in [0.5, 0.6) is 0 Å². The number of halogens is 1. The van der Waals surface area contributed by atoms with Crippen LogP contribution in [0.25, 0.3) is 0 Å². The standard InChI is InChI=1S/C13H19FN2/c1-12(2)8-15-11-9(14)6-5-7-10(11)16-13(12,3)4/h5-7,15-16H,8H2,1-4H3. The predicted molar refractivity (Wildman–Crippen MR) is 66.4 cm³/mol. The normalized spacial score (nSPS) is 21.3. The quantitative estimate of drug-likeness (QED) is 0.702. The van der Waals surface area contributed by atoms with E-state index in [1.165, 1.54) is 6.07 Å². The van der Waals surface area contributed by atoms with Crippen LogP contribution in [0.2, 0.25) is 0 Å². The Hall–Kier alpha value is -1.25. The lowest BCUT2D eigenvalue weighted by Crippen LogP contribution is -2.47. The number of nitrogens with one attached hydrogen (secondary N) is 2. The molecule has 1 heterocycles. The molecule has 0 aromatic heterocycles. The van der Waals surface area contributed by atoms with Crippen molar-refractivity contribution in [2.75, 3.05) is 17.2 Å². The van der Waals surface area contributed by atoms with E-state index in [4.69, 9.17) is 0 Å². The highest BCUT2D eigenvalue weighted by Crippen LogP contribution is 2.40. The average Bonchev–Trinajstić information content (AvgIpc) is 2.23. The average molecular weight is 222 g/mol. The molecule has 0 fully saturated rings. The zero-order valence-electron chi connectivity index (χ0n) is 10.3. The molecule has 0 saturated heterocycles. The Morgan fingerprint density at radius 1 is 1.19 bits per heavy atom. The second-order valence-electron chi connectivity index (χ2n) is 5.65. The van der Waals surface area contributed by atoms with Crippen LogP contribution in [0.3, 0.4) is 0 Å². The Balaban J connectivity index is 2.48. The summed E-state index contributed by atoms with van der Waals surface area (Å²) in [7, 11) is 0. The van der Waals surface area contributed by atoms with Gasteiger partial charge in [-0.05, 0) is 26.0 Å². The van der Waals surface area contributed by atoms with E-state index < -0.39 is 0 Å². The van der Waals surface area contributed by atoms with Gasteiger partial charge in [-0.15, -0.1) is 0 Å². The van der Waals surface area contributed by atoms with Crippen molar-refractivity contribution in [1.29, 1.82) is 0 Å². The summed E-state index contributed by atoms with van der Waals surface area (Å²) < 4.78 is 13.7. The fourth-order valence-corrected chi connectivity index (χ4v) is 1.84. The number of hydrogen-bond acceptors (Lipinski definition) is 2. The van der Waals surface area contributed by atoms with Crippen molar-refractivity contribution in [3.05, 3.63) is 24.0 Å². The molecule has 88 valence electrons. The van der Waals surface area contributed by atoms with Crippen molar-refractivity contribution < 1.29 is 4.39 Å². The zero-order chi connectivity index (χ0) is 12.0. The number of anilines is 2. The largest absolute Gasteiger partial charge is 0.380 e. The lowest BCUT2D eigenvalue weighted by molar-refractivity contribution is 0.245. The first-order valence-electron chi connectivity index (χ1n) is 5.64. The number of benzene rings is 1. The van der Waals surface area contributed by atoms with E-state index in [2.05, 4.69) is 38.3 Å². The summed E-state index contributed by atoms with van der Waals surface area (Å²) in [5, 5.41) is 6.63. The molecule has 0 unspecified atom stereocenters. The Bertz CT molecular complexity index is 410. The smallest absolute Gasteiger partial charge is 0.148 e. The molecule has 0 bridgehead atoms. The van der Waals surface area contributed by atoms with Crippen molar-refractivity contribution in [3.63, 3.8) is 0 Å². The van der Waals surface area contributed by atoms with Gasteiger partial charge in [-0.25, -0.2) is 4.39 Å². The van der Waals surface area contributed by atoms with Gasteiger partial charge in [-0.3, -0.25) is 0 Å². The topological polar surface area (TPSA) is 24.1 Å². The minimum absolute atomic E-state index is 0.0401. The third-order valence-corrected chi connectivity index (χ3v) is 3.86. The zero-order valence-corrected chi connectivity index (χ0v) is 10.3.